The molecule has 2 rings (SSSR count). The molecule has 0 amide bonds. The zero-order valence-electron chi connectivity index (χ0n) is 6.80. The Balaban J connectivity index is 2.80. The van der Waals surface area contributed by atoms with Gasteiger partial charge in [-0.05, 0) is 57.3 Å². The smallest absolute Gasteiger partial charge is 0.120 e. The molecule has 0 N–H and O–H groups in total. The lowest BCUT2D eigenvalue weighted by atomic mass is 10.2. The molecule has 0 unspecified atom stereocenters. The number of fused-ring (bicyclic) bond motifs is 1. The summed E-state index contributed by atoms with van der Waals surface area (Å²) in [6.45, 7) is 0. The van der Waals surface area contributed by atoms with Gasteiger partial charge in [0.1, 0.15) is 5.75 Å². The molecule has 0 spiro atoms. The third-order valence-electron chi connectivity index (χ3n) is 1.79. The summed E-state index contributed by atoms with van der Waals surface area (Å²) >= 11 is 6.49. The van der Waals surface area contributed by atoms with Crippen LogP contribution >= 0.6 is 56.5 Å². The molecule has 1 aromatic carbocycles. The first kappa shape index (κ1) is 9.97. The summed E-state index contributed by atoms with van der Waals surface area (Å²) in [5, 5.41) is 3.47. The van der Waals surface area contributed by atoms with Gasteiger partial charge in [-0.1, -0.05) is 0 Å². The van der Waals surface area contributed by atoms with Crippen molar-refractivity contribution in [3.63, 3.8) is 0 Å². The molecular formula is C9H6I2OS. The van der Waals surface area contributed by atoms with Gasteiger partial charge in [-0.15, -0.1) is 11.3 Å². The van der Waals surface area contributed by atoms with Crippen molar-refractivity contribution in [3.05, 3.63) is 24.7 Å². The van der Waals surface area contributed by atoms with E-state index in [2.05, 4.69) is 62.7 Å². The molecule has 1 heterocycles. The standard InChI is InChI=1S/C9H6I2OS/c1-12-5-2-6-8(11)4-13-9(6)7(10)3-5/h2-4H,1H3. The number of halogens is 2. The molecule has 0 saturated heterocycles. The van der Waals surface area contributed by atoms with E-state index in [9.17, 15) is 0 Å². The van der Waals surface area contributed by atoms with Crippen LogP contribution in [-0.2, 0) is 0 Å². The molecule has 0 atom stereocenters. The van der Waals surface area contributed by atoms with Gasteiger partial charge in [0.25, 0.3) is 0 Å². The van der Waals surface area contributed by atoms with Gasteiger partial charge < -0.3 is 4.74 Å². The van der Waals surface area contributed by atoms with Crippen LogP contribution in [0.15, 0.2) is 17.5 Å². The first-order valence-electron chi connectivity index (χ1n) is 3.62. The van der Waals surface area contributed by atoms with Gasteiger partial charge in [0.2, 0.25) is 0 Å². The van der Waals surface area contributed by atoms with Gasteiger partial charge in [-0.3, -0.25) is 0 Å². The molecule has 13 heavy (non-hydrogen) atoms. The summed E-state index contributed by atoms with van der Waals surface area (Å²) in [5.74, 6) is 0.938. The fraction of sp³-hybridized carbons (Fsp3) is 0.111. The Hall–Kier alpha value is 0.440. The van der Waals surface area contributed by atoms with E-state index in [1.54, 1.807) is 18.4 Å². The molecule has 0 aliphatic carbocycles. The minimum Gasteiger partial charge on any atom is -0.497 e. The molecule has 1 nitrogen and oxygen atoms in total. The van der Waals surface area contributed by atoms with Gasteiger partial charge in [0.05, 0.1) is 7.11 Å². The molecule has 68 valence electrons. The van der Waals surface area contributed by atoms with E-state index in [0.29, 0.717) is 0 Å². The molecule has 0 aliphatic rings. The Morgan fingerprint density at radius 1 is 1.23 bits per heavy atom. The van der Waals surface area contributed by atoms with Crippen molar-refractivity contribution in [1.29, 1.82) is 0 Å². The zero-order chi connectivity index (χ0) is 9.42. The second-order valence-electron chi connectivity index (χ2n) is 2.57. The van der Waals surface area contributed by atoms with E-state index in [0.717, 1.165) is 5.75 Å². The number of hydrogen-bond acceptors (Lipinski definition) is 2. The minimum absolute atomic E-state index is 0.938. The van der Waals surface area contributed by atoms with Crippen molar-refractivity contribution in [2.45, 2.75) is 0 Å². The van der Waals surface area contributed by atoms with Crippen molar-refractivity contribution < 1.29 is 4.74 Å². The van der Waals surface area contributed by atoms with Crippen molar-refractivity contribution in [3.8, 4) is 5.75 Å². The van der Waals surface area contributed by atoms with Crippen molar-refractivity contribution >= 4 is 66.6 Å². The van der Waals surface area contributed by atoms with Crippen LogP contribution < -0.4 is 4.74 Å². The summed E-state index contributed by atoms with van der Waals surface area (Å²) < 4.78 is 9.14. The highest BCUT2D eigenvalue weighted by atomic mass is 127. The molecule has 1 aromatic heterocycles. The van der Waals surface area contributed by atoms with Crippen LogP contribution in [0.25, 0.3) is 10.1 Å². The SMILES string of the molecule is COc1cc(I)c2scc(I)c2c1. The highest BCUT2D eigenvalue weighted by molar-refractivity contribution is 14.1. The van der Waals surface area contributed by atoms with E-state index in [-0.39, 0.29) is 0 Å². The highest BCUT2D eigenvalue weighted by Crippen LogP contribution is 2.34. The summed E-state index contributed by atoms with van der Waals surface area (Å²) in [6.07, 6.45) is 0. The maximum absolute atomic E-state index is 5.22. The van der Waals surface area contributed by atoms with Crippen molar-refractivity contribution in [2.75, 3.05) is 7.11 Å². The molecule has 4 heteroatoms. The van der Waals surface area contributed by atoms with Crippen molar-refractivity contribution in [1.82, 2.24) is 0 Å². The number of rotatable bonds is 1. The second kappa shape index (κ2) is 3.90. The second-order valence-corrected chi connectivity index (χ2v) is 5.77. The Labute approximate surface area is 108 Å². The quantitative estimate of drug-likeness (QED) is 0.636. The van der Waals surface area contributed by atoms with E-state index in [1.807, 2.05) is 0 Å². The topological polar surface area (TPSA) is 9.23 Å². The van der Waals surface area contributed by atoms with E-state index in [1.165, 1.54) is 17.2 Å². The van der Waals surface area contributed by atoms with Gasteiger partial charge in [0.15, 0.2) is 0 Å². The van der Waals surface area contributed by atoms with Crippen LogP contribution in [-0.4, -0.2) is 7.11 Å². The van der Waals surface area contributed by atoms with Gasteiger partial charge >= 0.3 is 0 Å². The summed E-state index contributed by atoms with van der Waals surface area (Å²) in [7, 11) is 1.70. The lowest BCUT2D eigenvalue weighted by Gasteiger charge is -2.01. The Morgan fingerprint density at radius 3 is 2.69 bits per heavy atom. The molecule has 0 bridgehead atoms. The van der Waals surface area contributed by atoms with E-state index >= 15 is 0 Å². The van der Waals surface area contributed by atoms with Crippen molar-refractivity contribution in [2.24, 2.45) is 0 Å². The van der Waals surface area contributed by atoms with Crippen LogP contribution in [0.2, 0.25) is 0 Å². The van der Waals surface area contributed by atoms with Crippen LogP contribution in [0.3, 0.4) is 0 Å². The molecule has 2 aromatic rings. The number of ether oxygens (including phenoxy) is 1. The van der Waals surface area contributed by atoms with E-state index < -0.39 is 0 Å². The number of benzene rings is 1. The Kier molecular flexibility index (Phi) is 2.99. The Bertz CT molecular complexity index is 450. The highest BCUT2D eigenvalue weighted by Gasteiger charge is 2.06. The van der Waals surface area contributed by atoms with Crippen LogP contribution in [0.1, 0.15) is 0 Å². The Morgan fingerprint density at radius 2 is 2.00 bits per heavy atom. The fourth-order valence-electron chi connectivity index (χ4n) is 1.16. The zero-order valence-corrected chi connectivity index (χ0v) is 11.9. The molecule has 0 fully saturated rings. The first-order valence-corrected chi connectivity index (χ1v) is 6.66. The van der Waals surface area contributed by atoms with E-state index in [4.69, 9.17) is 4.74 Å². The maximum Gasteiger partial charge on any atom is 0.120 e. The first-order chi connectivity index (χ1) is 6.22. The third kappa shape index (κ3) is 1.80. The summed E-state index contributed by atoms with van der Waals surface area (Å²) in [4.78, 5) is 0. The lowest BCUT2D eigenvalue weighted by Crippen LogP contribution is -1.83. The molecule has 0 saturated carbocycles. The summed E-state index contributed by atoms with van der Waals surface area (Å²) in [6, 6.07) is 4.16. The van der Waals surface area contributed by atoms with Crippen LogP contribution in [0.5, 0.6) is 5.75 Å². The number of methoxy groups -OCH3 is 1. The predicted octanol–water partition coefficient (Wildman–Crippen LogP) is 4.12. The predicted molar refractivity (Wildman–Crippen MR) is 73.8 cm³/mol. The molecule has 0 aliphatic heterocycles. The molecule has 0 radical (unpaired) electrons. The average molecular weight is 416 g/mol. The molecular weight excluding hydrogens is 410 g/mol. The number of thiophene rings is 1. The average Bonchev–Trinajstić information content (AvgIpc) is 2.48. The minimum atomic E-state index is 0.938. The lowest BCUT2D eigenvalue weighted by molar-refractivity contribution is 0.415. The third-order valence-corrected chi connectivity index (χ3v) is 5.35. The van der Waals surface area contributed by atoms with Crippen LogP contribution in [0, 0.1) is 7.14 Å². The van der Waals surface area contributed by atoms with Crippen LogP contribution in [0.4, 0.5) is 0 Å². The monoisotopic (exact) mass is 416 g/mol. The fourth-order valence-corrected chi connectivity index (χ4v) is 3.94. The maximum atomic E-state index is 5.22. The largest absolute Gasteiger partial charge is 0.497 e. The normalized spacial score (nSPS) is 10.7. The number of hydrogen-bond donors (Lipinski definition) is 0. The van der Waals surface area contributed by atoms with Gasteiger partial charge in [-0.25, -0.2) is 0 Å². The summed E-state index contributed by atoms with van der Waals surface area (Å²) in [5.41, 5.74) is 0. The van der Waals surface area contributed by atoms with Gasteiger partial charge in [0, 0.05) is 22.6 Å². The van der Waals surface area contributed by atoms with Gasteiger partial charge in [-0.2, -0.15) is 0 Å².